The Morgan fingerprint density at radius 2 is 1.84 bits per heavy atom. The minimum Gasteiger partial charge on any atom is -0.483 e. The molecule has 1 heterocycles. The SMILES string of the molecule is CCC(C)(C#N)C(=O)C(C)Oc1ccc(Oc2nc3ccc(Cl)cc3n2C(C)C)cc1. The topological polar surface area (TPSA) is 77.1 Å². The van der Waals surface area contributed by atoms with Crippen molar-refractivity contribution in [3.63, 3.8) is 0 Å². The summed E-state index contributed by atoms with van der Waals surface area (Å²) in [5.41, 5.74) is 0.652. The number of Topliss-reactive ketones (excluding diaryl/α,β-unsaturated/α-hetero) is 1. The number of hydrogen-bond donors (Lipinski definition) is 0. The Hall–Kier alpha value is -3.04. The van der Waals surface area contributed by atoms with E-state index in [-0.39, 0.29) is 11.8 Å². The number of ether oxygens (including phenoxy) is 2. The molecule has 0 fully saturated rings. The van der Waals surface area contributed by atoms with Crippen LogP contribution in [0.25, 0.3) is 11.0 Å². The van der Waals surface area contributed by atoms with Crippen molar-refractivity contribution in [2.45, 2.75) is 53.2 Å². The van der Waals surface area contributed by atoms with Gasteiger partial charge in [0.15, 0.2) is 11.9 Å². The fraction of sp³-hybridized carbons (Fsp3) is 0.375. The normalized spacial score (nSPS) is 14.1. The predicted molar refractivity (Wildman–Crippen MR) is 121 cm³/mol. The van der Waals surface area contributed by atoms with Crippen molar-refractivity contribution in [2.75, 3.05) is 0 Å². The van der Waals surface area contributed by atoms with Gasteiger partial charge >= 0.3 is 6.01 Å². The fourth-order valence-electron chi connectivity index (χ4n) is 3.32. The van der Waals surface area contributed by atoms with E-state index >= 15 is 0 Å². The van der Waals surface area contributed by atoms with Gasteiger partial charge in [0, 0.05) is 11.1 Å². The molecule has 0 radical (unpaired) electrons. The van der Waals surface area contributed by atoms with Crippen LogP contribution in [-0.4, -0.2) is 21.4 Å². The molecule has 0 aliphatic carbocycles. The Kier molecular flexibility index (Phi) is 6.56. The van der Waals surface area contributed by atoms with E-state index in [0.717, 1.165) is 11.0 Å². The predicted octanol–water partition coefficient (Wildman–Crippen LogP) is 6.34. The number of fused-ring (bicyclic) bond motifs is 1. The molecule has 6 nitrogen and oxygen atoms in total. The molecule has 3 aromatic rings. The number of ketones is 1. The number of rotatable bonds is 8. The summed E-state index contributed by atoms with van der Waals surface area (Å²) in [6.07, 6.45) is -0.295. The van der Waals surface area contributed by atoms with Crippen molar-refractivity contribution >= 4 is 28.4 Å². The maximum atomic E-state index is 12.6. The van der Waals surface area contributed by atoms with Gasteiger partial charge in [-0.15, -0.1) is 0 Å². The molecule has 2 aromatic carbocycles. The lowest BCUT2D eigenvalue weighted by molar-refractivity contribution is -0.131. The lowest BCUT2D eigenvalue weighted by Crippen LogP contribution is -2.37. The van der Waals surface area contributed by atoms with E-state index in [0.29, 0.717) is 29.0 Å². The van der Waals surface area contributed by atoms with Gasteiger partial charge in [0.1, 0.15) is 16.9 Å². The number of halogens is 1. The van der Waals surface area contributed by atoms with Gasteiger partial charge in [-0.25, -0.2) is 0 Å². The highest BCUT2D eigenvalue weighted by Crippen LogP contribution is 2.32. The Bertz CT molecular complexity index is 1130. The molecule has 0 spiro atoms. The molecule has 0 amide bonds. The van der Waals surface area contributed by atoms with Crippen molar-refractivity contribution in [1.82, 2.24) is 9.55 Å². The van der Waals surface area contributed by atoms with E-state index in [1.165, 1.54) is 0 Å². The molecule has 0 N–H and O–H groups in total. The van der Waals surface area contributed by atoms with Crippen LogP contribution in [0.1, 0.15) is 47.1 Å². The van der Waals surface area contributed by atoms with Gasteiger partial charge < -0.3 is 9.47 Å². The van der Waals surface area contributed by atoms with Crippen LogP contribution in [0, 0.1) is 16.7 Å². The average molecular weight is 440 g/mol. The molecule has 0 bridgehead atoms. The fourth-order valence-corrected chi connectivity index (χ4v) is 3.49. The molecule has 162 valence electrons. The van der Waals surface area contributed by atoms with Gasteiger partial charge in [-0.3, -0.25) is 9.36 Å². The molecule has 1 aromatic heterocycles. The summed E-state index contributed by atoms with van der Waals surface area (Å²) in [5, 5.41) is 9.96. The summed E-state index contributed by atoms with van der Waals surface area (Å²) >= 11 is 6.15. The summed E-state index contributed by atoms with van der Waals surface area (Å²) in [7, 11) is 0. The van der Waals surface area contributed by atoms with Crippen LogP contribution >= 0.6 is 11.6 Å². The number of imidazole rings is 1. The summed E-state index contributed by atoms with van der Waals surface area (Å²) in [6.45, 7) is 9.22. The molecule has 0 aliphatic heterocycles. The van der Waals surface area contributed by atoms with Crippen LogP contribution in [0.4, 0.5) is 0 Å². The lowest BCUT2D eigenvalue weighted by atomic mass is 9.82. The minimum atomic E-state index is -1.05. The molecular weight excluding hydrogens is 414 g/mol. The molecule has 0 aliphatic rings. The third-order valence-electron chi connectivity index (χ3n) is 5.35. The van der Waals surface area contributed by atoms with Crippen molar-refractivity contribution < 1.29 is 14.3 Å². The van der Waals surface area contributed by atoms with Gasteiger partial charge in [0.25, 0.3) is 0 Å². The van der Waals surface area contributed by atoms with Gasteiger partial charge in [0.2, 0.25) is 0 Å². The van der Waals surface area contributed by atoms with Crippen LogP contribution in [-0.2, 0) is 4.79 Å². The number of aromatic nitrogens is 2. The van der Waals surface area contributed by atoms with Crippen LogP contribution in [0.15, 0.2) is 42.5 Å². The van der Waals surface area contributed by atoms with E-state index < -0.39 is 11.5 Å². The first kappa shape index (κ1) is 22.6. The van der Waals surface area contributed by atoms with Gasteiger partial charge in [0.05, 0.1) is 17.1 Å². The highest BCUT2D eigenvalue weighted by Gasteiger charge is 2.35. The standard InChI is InChI=1S/C24H26ClN3O3/c1-6-24(5,14-26)22(29)16(4)30-18-8-10-19(11-9-18)31-23-27-20-12-7-17(25)13-21(20)28(23)15(2)3/h7-13,15-16H,6H2,1-5H3. The molecule has 2 unspecified atom stereocenters. The number of nitrogens with zero attached hydrogens (tertiary/aromatic N) is 3. The first-order chi connectivity index (χ1) is 14.7. The highest BCUT2D eigenvalue weighted by molar-refractivity contribution is 6.31. The summed E-state index contributed by atoms with van der Waals surface area (Å²) in [6, 6.07) is 15.2. The van der Waals surface area contributed by atoms with Gasteiger partial charge in [-0.05, 0) is 76.6 Å². The number of carbonyl (C=O) groups is 1. The van der Waals surface area contributed by atoms with E-state index in [1.54, 1.807) is 44.2 Å². The largest absolute Gasteiger partial charge is 0.483 e. The number of nitriles is 1. The number of benzene rings is 2. The van der Waals surface area contributed by atoms with Crippen molar-refractivity contribution in [3.8, 4) is 23.6 Å². The van der Waals surface area contributed by atoms with E-state index in [9.17, 15) is 10.1 Å². The summed E-state index contributed by atoms with van der Waals surface area (Å²) < 4.78 is 13.8. The minimum absolute atomic E-state index is 0.126. The third-order valence-corrected chi connectivity index (χ3v) is 5.58. The Morgan fingerprint density at radius 1 is 1.19 bits per heavy atom. The number of hydrogen-bond acceptors (Lipinski definition) is 5. The van der Waals surface area contributed by atoms with Crippen molar-refractivity contribution in [3.05, 3.63) is 47.5 Å². The first-order valence-corrected chi connectivity index (χ1v) is 10.6. The maximum Gasteiger partial charge on any atom is 0.303 e. The molecule has 3 rings (SSSR count). The monoisotopic (exact) mass is 439 g/mol. The lowest BCUT2D eigenvalue weighted by Gasteiger charge is -2.23. The zero-order valence-electron chi connectivity index (χ0n) is 18.3. The Morgan fingerprint density at radius 3 is 2.42 bits per heavy atom. The molecule has 0 saturated carbocycles. The van der Waals surface area contributed by atoms with E-state index in [1.807, 2.05) is 23.6 Å². The highest BCUT2D eigenvalue weighted by atomic mass is 35.5. The zero-order chi connectivity index (χ0) is 22.8. The molecule has 0 saturated heterocycles. The quantitative estimate of drug-likeness (QED) is 0.409. The number of carbonyl (C=O) groups excluding carboxylic acids is 1. The Balaban J connectivity index is 1.78. The molecule has 31 heavy (non-hydrogen) atoms. The van der Waals surface area contributed by atoms with Crippen LogP contribution in [0.5, 0.6) is 17.5 Å². The molecular formula is C24H26ClN3O3. The zero-order valence-corrected chi connectivity index (χ0v) is 19.1. The second kappa shape index (κ2) is 8.99. The third kappa shape index (κ3) is 4.67. The van der Waals surface area contributed by atoms with Crippen molar-refractivity contribution in [2.24, 2.45) is 5.41 Å². The van der Waals surface area contributed by atoms with Crippen LogP contribution in [0.2, 0.25) is 5.02 Å². The van der Waals surface area contributed by atoms with Gasteiger partial charge in [-0.2, -0.15) is 10.2 Å². The maximum absolute atomic E-state index is 12.6. The van der Waals surface area contributed by atoms with E-state index in [4.69, 9.17) is 21.1 Å². The second-order valence-corrected chi connectivity index (χ2v) is 8.42. The molecule has 2 atom stereocenters. The van der Waals surface area contributed by atoms with Crippen LogP contribution < -0.4 is 9.47 Å². The summed E-state index contributed by atoms with van der Waals surface area (Å²) in [5.74, 6) is 0.876. The Labute approximate surface area is 187 Å². The van der Waals surface area contributed by atoms with Crippen molar-refractivity contribution in [1.29, 1.82) is 5.26 Å². The average Bonchev–Trinajstić information content (AvgIpc) is 3.11. The second-order valence-electron chi connectivity index (χ2n) is 7.99. The first-order valence-electron chi connectivity index (χ1n) is 10.3. The van der Waals surface area contributed by atoms with E-state index in [2.05, 4.69) is 24.9 Å². The smallest absolute Gasteiger partial charge is 0.303 e. The molecule has 7 heteroatoms. The van der Waals surface area contributed by atoms with Gasteiger partial charge in [-0.1, -0.05) is 18.5 Å². The summed E-state index contributed by atoms with van der Waals surface area (Å²) in [4.78, 5) is 17.1. The van der Waals surface area contributed by atoms with Crippen LogP contribution in [0.3, 0.4) is 0 Å².